The van der Waals surface area contributed by atoms with Crippen molar-refractivity contribution in [2.24, 2.45) is 0 Å². The smallest absolute Gasteiger partial charge is 0.478 e. The Bertz CT molecular complexity index is 389. The third-order valence-electron chi connectivity index (χ3n) is 1.40. The topological polar surface area (TPSA) is 46.5 Å². The van der Waals surface area contributed by atoms with E-state index in [4.69, 9.17) is 5.11 Å². The summed E-state index contributed by atoms with van der Waals surface area (Å²) in [6, 6.07) is 2.98. The highest BCUT2D eigenvalue weighted by Crippen LogP contribution is 2.27. The standard InChI is InChI=1S/C8H4BrF3O3/c9-6-2-1-4(15-8(10,11)12)3-5(6)7(13)14/h1-3H,(H,13,14). The molecule has 0 spiro atoms. The zero-order chi connectivity index (χ0) is 11.6. The molecule has 0 bridgehead atoms. The molecule has 1 aromatic rings. The summed E-state index contributed by atoms with van der Waals surface area (Å²) in [5.41, 5.74) is -0.295. The van der Waals surface area contributed by atoms with Crippen molar-refractivity contribution in [3.8, 4) is 5.75 Å². The molecule has 3 nitrogen and oxygen atoms in total. The molecule has 1 aromatic carbocycles. The molecule has 0 unspecified atom stereocenters. The Morgan fingerprint density at radius 1 is 1.40 bits per heavy atom. The first-order valence-corrected chi connectivity index (χ1v) is 4.37. The molecule has 82 valence electrons. The van der Waals surface area contributed by atoms with Gasteiger partial charge in [-0.05, 0) is 34.1 Å². The number of ether oxygens (including phenoxy) is 1. The first-order chi connectivity index (χ1) is 6.79. The fraction of sp³-hybridized carbons (Fsp3) is 0.125. The summed E-state index contributed by atoms with van der Waals surface area (Å²) in [6.45, 7) is 0. The number of rotatable bonds is 2. The summed E-state index contributed by atoms with van der Waals surface area (Å²) in [5, 5.41) is 8.62. The summed E-state index contributed by atoms with van der Waals surface area (Å²) < 4.78 is 39.1. The third kappa shape index (κ3) is 3.43. The largest absolute Gasteiger partial charge is 0.573 e. The van der Waals surface area contributed by atoms with Crippen molar-refractivity contribution < 1.29 is 27.8 Å². The van der Waals surface area contributed by atoms with Crippen LogP contribution in [0.5, 0.6) is 5.75 Å². The van der Waals surface area contributed by atoms with Gasteiger partial charge in [-0.2, -0.15) is 0 Å². The van der Waals surface area contributed by atoms with Crippen LogP contribution in [0.1, 0.15) is 10.4 Å². The fourth-order valence-electron chi connectivity index (χ4n) is 0.865. The second-order valence-corrected chi connectivity index (χ2v) is 3.35. The van der Waals surface area contributed by atoms with Gasteiger partial charge >= 0.3 is 12.3 Å². The molecule has 7 heteroatoms. The van der Waals surface area contributed by atoms with Gasteiger partial charge in [-0.15, -0.1) is 13.2 Å². The van der Waals surface area contributed by atoms with Crippen LogP contribution in [0.3, 0.4) is 0 Å². The van der Waals surface area contributed by atoms with E-state index in [0.717, 1.165) is 12.1 Å². The van der Waals surface area contributed by atoms with E-state index in [1.807, 2.05) is 0 Å². The number of benzene rings is 1. The lowest BCUT2D eigenvalue weighted by molar-refractivity contribution is -0.274. The Morgan fingerprint density at radius 2 is 2.00 bits per heavy atom. The number of alkyl halides is 3. The molecule has 0 atom stereocenters. The van der Waals surface area contributed by atoms with E-state index in [2.05, 4.69) is 20.7 Å². The van der Waals surface area contributed by atoms with Gasteiger partial charge in [0.2, 0.25) is 0 Å². The predicted molar refractivity (Wildman–Crippen MR) is 47.8 cm³/mol. The Hall–Kier alpha value is -1.24. The second kappa shape index (κ2) is 4.09. The van der Waals surface area contributed by atoms with E-state index in [0.29, 0.717) is 0 Å². The lowest BCUT2D eigenvalue weighted by atomic mass is 10.2. The van der Waals surface area contributed by atoms with E-state index < -0.39 is 18.1 Å². The van der Waals surface area contributed by atoms with Gasteiger partial charge in [-0.1, -0.05) is 0 Å². The molecular formula is C8H4BrF3O3. The van der Waals surface area contributed by atoms with E-state index in [-0.39, 0.29) is 10.0 Å². The average Bonchev–Trinajstić information content (AvgIpc) is 2.05. The predicted octanol–water partition coefficient (Wildman–Crippen LogP) is 3.05. The number of aromatic carboxylic acids is 1. The summed E-state index contributed by atoms with van der Waals surface area (Å²) in [7, 11) is 0. The average molecular weight is 285 g/mol. The number of hydrogen-bond donors (Lipinski definition) is 1. The van der Waals surface area contributed by atoms with Crippen molar-refractivity contribution in [3.05, 3.63) is 28.2 Å². The van der Waals surface area contributed by atoms with Crippen molar-refractivity contribution in [1.29, 1.82) is 0 Å². The second-order valence-electron chi connectivity index (χ2n) is 2.49. The first kappa shape index (κ1) is 11.8. The summed E-state index contributed by atoms with van der Waals surface area (Å²) >= 11 is 2.89. The van der Waals surface area contributed by atoms with Crippen LogP contribution in [0.15, 0.2) is 22.7 Å². The van der Waals surface area contributed by atoms with Crippen molar-refractivity contribution in [3.63, 3.8) is 0 Å². The minimum absolute atomic E-state index is 0.185. The van der Waals surface area contributed by atoms with Gasteiger partial charge < -0.3 is 9.84 Å². The molecule has 0 aromatic heterocycles. The van der Waals surface area contributed by atoms with E-state index in [1.165, 1.54) is 6.07 Å². The van der Waals surface area contributed by atoms with Crippen LogP contribution >= 0.6 is 15.9 Å². The van der Waals surface area contributed by atoms with Crippen LogP contribution < -0.4 is 4.74 Å². The Labute approximate surface area is 90.6 Å². The monoisotopic (exact) mass is 284 g/mol. The molecule has 1 N–H and O–H groups in total. The van der Waals surface area contributed by atoms with E-state index in [1.54, 1.807) is 0 Å². The van der Waals surface area contributed by atoms with Gasteiger partial charge in [-0.25, -0.2) is 4.79 Å². The molecule has 0 aliphatic carbocycles. The Morgan fingerprint density at radius 3 is 2.47 bits per heavy atom. The molecule has 0 saturated carbocycles. The van der Waals surface area contributed by atoms with Crippen LogP contribution in [0, 0.1) is 0 Å². The molecule has 0 radical (unpaired) electrons. The highest BCUT2D eigenvalue weighted by molar-refractivity contribution is 9.10. The maximum atomic E-state index is 11.8. The SMILES string of the molecule is O=C(O)c1cc(OC(F)(F)F)ccc1Br. The van der Waals surface area contributed by atoms with Crippen molar-refractivity contribution in [2.75, 3.05) is 0 Å². The summed E-state index contributed by atoms with van der Waals surface area (Å²) in [4.78, 5) is 10.6. The highest BCUT2D eigenvalue weighted by Gasteiger charge is 2.31. The number of halogens is 4. The van der Waals surface area contributed by atoms with Gasteiger partial charge in [0.1, 0.15) is 5.75 Å². The van der Waals surface area contributed by atoms with Crippen LogP contribution in [-0.4, -0.2) is 17.4 Å². The normalized spacial score (nSPS) is 11.2. The summed E-state index contributed by atoms with van der Waals surface area (Å²) in [6.07, 6.45) is -4.83. The fourth-order valence-corrected chi connectivity index (χ4v) is 1.28. The maximum absolute atomic E-state index is 11.8. The van der Waals surface area contributed by atoms with E-state index in [9.17, 15) is 18.0 Å². The van der Waals surface area contributed by atoms with Gasteiger partial charge in [0.05, 0.1) is 5.56 Å². The lowest BCUT2D eigenvalue weighted by Crippen LogP contribution is -2.17. The van der Waals surface area contributed by atoms with E-state index >= 15 is 0 Å². The van der Waals surface area contributed by atoms with Crippen LogP contribution in [-0.2, 0) is 0 Å². The molecule has 15 heavy (non-hydrogen) atoms. The zero-order valence-corrected chi connectivity index (χ0v) is 8.59. The lowest BCUT2D eigenvalue weighted by Gasteiger charge is -2.09. The number of carboxylic acids is 1. The number of carbonyl (C=O) groups is 1. The highest BCUT2D eigenvalue weighted by atomic mass is 79.9. The van der Waals surface area contributed by atoms with Crippen LogP contribution in [0.2, 0.25) is 0 Å². The molecule has 0 aliphatic heterocycles. The van der Waals surface area contributed by atoms with Gasteiger partial charge in [0.15, 0.2) is 0 Å². The minimum Gasteiger partial charge on any atom is -0.478 e. The number of carboxylic acid groups (broad SMARTS) is 1. The Balaban J connectivity index is 3.03. The van der Waals surface area contributed by atoms with Crippen molar-refractivity contribution >= 4 is 21.9 Å². The molecule has 1 rings (SSSR count). The molecule has 0 aliphatic rings. The van der Waals surface area contributed by atoms with Crippen molar-refractivity contribution in [1.82, 2.24) is 0 Å². The van der Waals surface area contributed by atoms with Crippen LogP contribution in [0.25, 0.3) is 0 Å². The quantitative estimate of drug-likeness (QED) is 0.908. The molecular weight excluding hydrogens is 281 g/mol. The van der Waals surface area contributed by atoms with Crippen LogP contribution in [0.4, 0.5) is 13.2 Å². The molecule has 0 heterocycles. The first-order valence-electron chi connectivity index (χ1n) is 3.58. The number of hydrogen-bond acceptors (Lipinski definition) is 2. The van der Waals surface area contributed by atoms with Gasteiger partial charge in [0, 0.05) is 4.47 Å². The van der Waals surface area contributed by atoms with Crippen molar-refractivity contribution in [2.45, 2.75) is 6.36 Å². The minimum atomic E-state index is -4.83. The maximum Gasteiger partial charge on any atom is 0.573 e. The Kier molecular flexibility index (Phi) is 3.23. The van der Waals surface area contributed by atoms with Gasteiger partial charge in [0.25, 0.3) is 0 Å². The summed E-state index contributed by atoms with van der Waals surface area (Å²) in [5.74, 6) is -1.91. The third-order valence-corrected chi connectivity index (χ3v) is 2.09. The molecule has 0 fully saturated rings. The molecule has 0 amide bonds. The van der Waals surface area contributed by atoms with Gasteiger partial charge in [-0.3, -0.25) is 0 Å². The zero-order valence-electron chi connectivity index (χ0n) is 7.01. The molecule has 0 saturated heterocycles.